The minimum atomic E-state index is -0.413. The fourth-order valence-corrected chi connectivity index (χ4v) is 6.33. The summed E-state index contributed by atoms with van der Waals surface area (Å²) in [6, 6.07) is 13.3. The van der Waals surface area contributed by atoms with E-state index in [-0.39, 0.29) is 29.8 Å². The molecular weight excluding hydrogens is 492 g/mol. The van der Waals surface area contributed by atoms with Gasteiger partial charge in [0.2, 0.25) is 5.91 Å². The first-order valence-corrected chi connectivity index (χ1v) is 13.2. The number of nitrogens with one attached hydrogen (secondary N) is 3. The number of unbranched alkanes of at least 4 members (excludes halogenated alkanes) is 1. The number of thioether (sulfide) groups is 1. The molecule has 0 saturated carbocycles. The van der Waals surface area contributed by atoms with Crippen LogP contribution in [-0.2, 0) is 14.4 Å². The monoisotopic (exact) mass is 518 g/mol. The first-order chi connectivity index (χ1) is 17.9. The van der Waals surface area contributed by atoms with Crippen LogP contribution in [0.4, 0.5) is 16.2 Å². The second kappa shape index (κ2) is 10.6. The molecule has 5 rings (SSSR count). The van der Waals surface area contributed by atoms with Gasteiger partial charge in [-0.2, -0.15) is 11.8 Å². The Bertz CT molecular complexity index is 1260. The van der Waals surface area contributed by atoms with Crippen molar-refractivity contribution in [1.82, 2.24) is 10.6 Å². The highest BCUT2D eigenvalue weighted by atomic mass is 32.2. The lowest BCUT2D eigenvalue weighted by Crippen LogP contribution is -2.36. The highest BCUT2D eigenvalue weighted by Gasteiger charge is 2.42. The van der Waals surface area contributed by atoms with Gasteiger partial charge >= 0.3 is 6.03 Å². The van der Waals surface area contributed by atoms with Gasteiger partial charge in [-0.3, -0.25) is 19.2 Å². The highest BCUT2D eigenvalue weighted by molar-refractivity contribution is 8.00. The molecule has 0 spiro atoms. The number of imide groups is 1. The number of hydrogen-bond acceptors (Lipinski definition) is 6. The maximum absolute atomic E-state index is 12.8. The molecular formula is C27H26N4O5S. The van der Waals surface area contributed by atoms with Crippen LogP contribution in [0.5, 0.6) is 0 Å². The zero-order valence-corrected chi connectivity index (χ0v) is 20.8. The standard InChI is InChI=1S/C27H26N4O5S/c32-22(4-2-1-3-21-25-20(15-37-21)29-27(36)30-25)28-18-9-5-16(6-10-18)26(35)17-7-11-19(12-8-17)31-23(33)13-14-24(31)34/h5-14,20-21,25H,1-4,15H2,(H,28,32)(H2,29,30,36)/t20-,21-,25-/m0/s1. The molecule has 2 saturated heterocycles. The number of benzene rings is 2. The summed E-state index contributed by atoms with van der Waals surface area (Å²) in [6.07, 6.45) is 5.45. The SMILES string of the molecule is O=C(CCCC[C@@H]1SC[C@@H]2NC(=O)N[C@@H]21)Nc1ccc(C(=O)c2ccc(N3C(=O)C=CC3=O)cc2)cc1. The second-order valence-corrected chi connectivity index (χ2v) is 10.5. The minimum Gasteiger partial charge on any atom is -0.332 e. The Morgan fingerprint density at radius 2 is 1.54 bits per heavy atom. The number of nitrogens with zero attached hydrogens (tertiary/aromatic N) is 1. The summed E-state index contributed by atoms with van der Waals surface area (Å²) in [5, 5.41) is 9.17. The molecule has 3 heterocycles. The summed E-state index contributed by atoms with van der Waals surface area (Å²) in [7, 11) is 0. The molecule has 0 radical (unpaired) electrons. The number of amides is 5. The van der Waals surface area contributed by atoms with Crippen molar-refractivity contribution < 1.29 is 24.0 Å². The van der Waals surface area contributed by atoms with E-state index in [4.69, 9.17) is 0 Å². The molecule has 5 amide bonds. The Morgan fingerprint density at radius 3 is 2.22 bits per heavy atom. The van der Waals surface area contributed by atoms with Gasteiger partial charge in [0.05, 0.1) is 17.8 Å². The largest absolute Gasteiger partial charge is 0.332 e. The molecule has 0 unspecified atom stereocenters. The molecule has 0 bridgehead atoms. The second-order valence-electron chi connectivity index (χ2n) is 9.21. The average Bonchev–Trinajstić information content (AvgIpc) is 3.55. The van der Waals surface area contributed by atoms with Crippen molar-refractivity contribution in [2.75, 3.05) is 16.0 Å². The van der Waals surface area contributed by atoms with Gasteiger partial charge in [-0.1, -0.05) is 6.42 Å². The fraction of sp³-hybridized carbons (Fsp3) is 0.296. The summed E-state index contributed by atoms with van der Waals surface area (Å²) in [6.45, 7) is 0. The van der Waals surface area contributed by atoms with Crippen LogP contribution in [0.15, 0.2) is 60.7 Å². The van der Waals surface area contributed by atoms with E-state index in [1.807, 2.05) is 11.8 Å². The van der Waals surface area contributed by atoms with Gasteiger partial charge in [0, 0.05) is 46.4 Å². The quantitative estimate of drug-likeness (QED) is 0.203. The van der Waals surface area contributed by atoms with E-state index >= 15 is 0 Å². The average molecular weight is 519 g/mol. The van der Waals surface area contributed by atoms with Crippen LogP contribution in [0.25, 0.3) is 0 Å². The van der Waals surface area contributed by atoms with Crippen molar-refractivity contribution in [3.8, 4) is 0 Å². The Morgan fingerprint density at radius 1 is 0.892 bits per heavy atom. The number of fused-ring (bicyclic) bond motifs is 1. The third kappa shape index (κ3) is 5.43. The van der Waals surface area contributed by atoms with Crippen LogP contribution in [0.2, 0.25) is 0 Å². The summed E-state index contributed by atoms with van der Waals surface area (Å²) >= 11 is 1.87. The Hall–Kier alpha value is -3.92. The predicted octanol–water partition coefficient (Wildman–Crippen LogP) is 3.01. The van der Waals surface area contributed by atoms with Gasteiger partial charge in [-0.25, -0.2) is 9.69 Å². The number of carbonyl (C=O) groups excluding carboxylic acids is 5. The molecule has 190 valence electrons. The van der Waals surface area contributed by atoms with Gasteiger partial charge in [-0.05, 0) is 61.4 Å². The van der Waals surface area contributed by atoms with Crippen LogP contribution in [0.3, 0.4) is 0 Å². The number of rotatable bonds is 9. The van der Waals surface area contributed by atoms with Crippen LogP contribution in [-0.4, -0.2) is 52.6 Å². The Kier molecular flexibility index (Phi) is 7.09. The number of carbonyl (C=O) groups is 5. The first kappa shape index (κ1) is 24.8. The van der Waals surface area contributed by atoms with Crippen LogP contribution in [0.1, 0.15) is 41.6 Å². The molecule has 0 aromatic heterocycles. The van der Waals surface area contributed by atoms with Crippen molar-refractivity contribution >= 4 is 52.7 Å². The summed E-state index contributed by atoms with van der Waals surface area (Å²) in [5.41, 5.74) is 1.90. The predicted molar refractivity (Wildman–Crippen MR) is 141 cm³/mol. The third-order valence-corrected chi connectivity index (χ3v) is 8.22. The van der Waals surface area contributed by atoms with Crippen molar-refractivity contribution in [1.29, 1.82) is 0 Å². The minimum absolute atomic E-state index is 0.0806. The van der Waals surface area contributed by atoms with E-state index < -0.39 is 11.8 Å². The lowest BCUT2D eigenvalue weighted by Gasteiger charge is -2.16. The van der Waals surface area contributed by atoms with Crippen molar-refractivity contribution in [3.63, 3.8) is 0 Å². The maximum atomic E-state index is 12.8. The van der Waals surface area contributed by atoms with Crippen LogP contribution < -0.4 is 20.9 Å². The van der Waals surface area contributed by atoms with E-state index in [9.17, 15) is 24.0 Å². The molecule has 2 fully saturated rings. The molecule has 2 aromatic carbocycles. The number of anilines is 2. The van der Waals surface area contributed by atoms with Gasteiger partial charge < -0.3 is 16.0 Å². The lowest BCUT2D eigenvalue weighted by atomic mass is 10.0. The Labute approximate surface area is 218 Å². The summed E-state index contributed by atoms with van der Waals surface area (Å²) < 4.78 is 0. The van der Waals surface area contributed by atoms with Crippen molar-refractivity contribution in [3.05, 3.63) is 71.8 Å². The molecule has 9 nitrogen and oxygen atoms in total. The lowest BCUT2D eigenvalue weighted by molar-refractivity contribution is -0.120. The van der Waals surface area contributed by atoms with Crippen LogP contribution >= 0.6 is 11.8 Å². The van der Waals surface area contributed by atoms with E-state index in [2.05, 4.69) is 16.0 Å². The van der Waals surface area contributed by atoms with Crippen LogP contribution in [0, 0.1) is 0 Å². The maximum Gasteiger partial charge on any atom is 0.315 e. The molecule has 3 aliphatic rings. The Balaban J connectivity index is 1.07. The van der Waals surface area contributed by atoms with E-state index in [0.717, 1.165) is 29.9 Å². The normalized spacial score (nSPS) is 22.1. The molecule has 3 aliphatic heterocycles. The fourth-order valence-electron chi connectivity index (χ4n) is 4.79. The highest BCUT2D eigenvalue weighted by Crippen LogP contribution is 2.33. The molecule has 10 heteroatoms. The topological polar surface area (TPSA) is 125 Å². The first-order valence-electron chi connectivity index (χ1n) is 12.2. The smallest absolute Gasteiger partial charge is 0.315 e. The number of ketones is 1. The van der Waals surface area contributed by atoms with E-state index in [1.54, 1.807) is 48.5 Å². The summed E-state index contributed by atoms with van der Waals surface area (Å²) in [5.74, 6) is -0.185. The van der Waals surface area contributed by atoms with Gasteiger partial charge in [0.25, 0.3) is 11.8 Å². The molecule has 2 aromatic rings. The number of hydrogen-bond donors (Lipinski definition) is 3. The molecule has 37 heavy (non-hydrogen) atoms. The van der Waals surface area contributed by atoms with Crippen molar-refractivity contribution in [2.45, 2.75) is 43.0 Å². The molecule has 0 aliphatic carbocycles. The van der Waals surface area contributed by atoms with Gasteiger partial charge in [0.1, 0.15) is 0 Å². The van der Waals surface area contributed by atoms with Crippen molar-refractivity contribution in [2.24, 2.45) is 0 Å². The number of urea groups is 1. The van der Waals surface area contributed by atoms with E-state index in [1.165, 1.54) is 12.2 Å². The van der Waals surface area contributed by atoms with Gasteiger partial charge in [-0.15, -0.1) is 0 Å². The molecule has 3 atom stereocenters. The molecule has 3 N–H and O–H groups in total. The zero-order valence-electron chi connectivity index (χ0n) is 19.9. The zero-order chi connectivity index (χ0) is 25.9. The van der Waals surface area contributed by atoms with Gasteiger partial charge in [0.15, 0.2) is 5.78 Å². The third-order valence-electron chi connectivity index (χ3n) is 6.71. The van der Waals surface area contributed by atoms with E-state index in [0.29, 0.717) is 34.2 Å². The summed E-state index contributed by atoms with van der Waals surface area (Å²) in [4.78, 5) is 61.3.